The molecular weight excluding hydrogens is 1180 g/mol. The minimum Gasteiger partial charge on any atom is -0.726 e. The number of unbranched alkanes of at least 4 members (excludes halogenated alkanes) is 3. The number of ether oxygens (including phenoxy) is 2. The van der Waals surface area contributed by atoms with Crippen LogP contribution in [-0.2, 0) is 24.1 Å². The second-order valence-corrected chi connectivity index (χ2v) is 23.8. The average Bonchev–Trinajstić information content (AvgIpc) is 1.29. The summed E-state index contributed by atoms with van der Waals surface area (Å²) in [6.45, 7) is 10.2. The monoisotopic (exact) mass is 1280 g/mol. The maximum atomic E-state index is 11.2. The van der Waals surface area contributed by atoms with Gasteiger partial charge in [0.1, 0.15) is 61.0 Å². The van der Waals surface area contributed by atoms with Gasteiger partial charge >= 0.3 is 29.6 Å². The second-order valence-electron chi connectivity index (χ2n) is 22.7. The molecule has 0 spiro atoms. The fourth-order valence-corrected chi connectivity index (χ4v) is 10.2. The number of aliphatic hydroxyl groups is 19. The molecular formula is C60H101NaO25S. The van der Waals surface area contributed by atoms with Crippen molar-refractivity contribution in [3.8, 4) is 0 Å². The first-order chi connectivity index (χ1) is 40.4. The van der Waals surface area contributed by atoms with Crippen LogP contribution in [0.1, 0.15) is 123 Å². The third kappa shape index (κ3) is 31.9. The van der Waals surface area contributed by atoms with E-state index in [1.54, 1.807) is 55.5 Å². The first kappa shape index (κ1) is 83.0. The zero-order valence-electron chi connectivity index (χ0n) is 50.3. The molecule has 0 radical (unpaired) electrons. The summed E-state index contributed by atoms with van der Waals surface area (Å²) in [7, 11) is -4.71. The van der Waals surface area contributed by atoms with E-state index in [2.05, 4.69) is 17.3 Å². The van der Waals surface area contributed by atoms with E-state index < -0.39 is 163 Å². The minimum absolute atomic E-state index is 0. The summed E-state index contributed by atoms with van der Waals surface area (Å²) < 4.78 is 47.0. The van der Waals surface area contributed by atoms with Gasteiger partial charge in [0, 0.05) is 25.2 Å². The average molecular weight is 1280 g/mol. The number of rotatable bonds is 43. The molecule has 87 heavy (non-hydrogen) atoms. The van der Waals surface area contributed by atoms with E-state index in [4.69, 9.17) is 9.47 Å². The molecule has 0 aromatic carbocycles. The molecule has 2 fully saturated rings. The van der Waals surface area contributed by atoms with Crippen molar-refractivity contribution in [2.75, 3.05) is 6.61 Å². The molecule has 0 amide bonds. The van der Waals surface area contributed by atoms with Crippen LogP contribution in [0.2, 0.25) is 0 Å². The molecule has 2 aliphatic heterocycles. The molecule has 0 aliphatic carbocycles. The van der Waals surface area contributed by atoms with Crippen LogP contribution >= 0.6 is 0 Å². The fraction of sp³-hybridized carbons (Fsp3) is 0.733. The molecule has 24 atom stereocenters. The number of allylic oxidation sites excluding steroid dienone is 6. The van der Waals surface area contributed by atoms with Crippen molar-refractivity contribution >= 4 is 10.4 Å². The summed E-state index contributed by atoms with van der Waals surface area (Å²) in [5.74, 6) is -1.05. The predicted octanol–water partition coefficient (Wildman–Crippen LogP) is -4.40. The molecule has 2 aliphatic rings. The van der Waals surface area contributed by atoms with Gasteiger partial charge in [-0.3, -0.25) is 4.18 Å². The summed E-state index contributed by atoms with van der Waals surface area (Å²) >= 11 is 0. The largest absolute Gasteiger partial charge is 1.00 e. The zero-order chi connectivity index (χ0) is 64.8. The van der Waals surface area contributed by atoms with Crippen LogP contribution in [0.4, 0.5) is 0 Å². The maximum absolute atomic E-state index is 11.2. The smallest absolute Gasteiger partial charge is 0.726 e. The van der Waals surface area contributed by atoms with Gasteiger partial charge in [0.2, 0.25) is 10.4 Å². The van der Waals surface area contributed by atoms with Crippen molar-refractivity contribution in [2.24, 2.45) is 5.92 Å². The molecule has 2 heterocycles. The Morgan fingerprint density at radius 1 is 0.621 bits per heavy atom. The third-order valence-corrected chi connectivity index (χ3v) is 15.9. The Kier molecular flexibility index (Phi) is 41.7. The van der Waals surface area contributed by atoms with E-state index in [9.17, 15) is 110 Å². The van der Waals surface area contributed by atoms with Gasteiger partial charge < -0.3 is 111 Å². The summed E-state index contributed by atoms with van der Waals surface area (Å²) in [4.78, 5) is 0. The minimum atomic E-state index is -4.71. The number of aliphatic hydroxyl groups excluding tert-OH is 19. The van der Waals surface area contributed by atoms with Gasteiger partial charge in [-0.05, 0) is 96.0 Å². The summed E-state index contributed by atoms with van der Waals surface area (Å²) in [6, 6.07) is 0. The molecule has 2 saturated heterocycles. The molecule has 0 aromatic heterocycles. The molecule has 498 valence electrons. The van der Waals surface area contributed by atoms with Crippen LogP contribution in [0, 0.1) is 5.92 Å². The Balaban J connectivity index is 0.0000378. The first-order valence-corrected chi connectivity index (χ1v) is 30.9. The molecule has 19 N–H and O–H groups in total. The van der Waals surface area contributed by atoms with Gasteiger partial charge in [-0.15, -0.1) is 6.58 Å². The number of hydrogen-bond acceptors (Lipinski definition) is 25. The molecule has 0 aromatic rings. The third-order valence-electron chi connectivity index (χ3n) is 15.4. The van der Waals surface area contributed by atoms with Crippen molar-refractivity contribution in [2.45, 2.75) is 263 Å². The first-order valence-electron chi connectivity index (χ1n) is 29.5. The molecule has 19 unspecified atom stereocenters. The molecule has 0 bridgehead atoms. The molecule has 2 rings (SSSR count). The van der Waals surface area contributed by atoms with Crippen LogP contribution in [-0.4, -0.2) is 257 Å². The van der Waals surface area contributed by atoms with Crippen molar-refractivity contribution in [1.29, 1.82) is 0 Å². The Morgan fingerprint density at radius 2 is 1.16 bits per heavy atom. The summed E-state index contributed by atoms with van der Waals surface area (Å²) in [5.41, 5.74) is 0.407. The van der Waals surface area contributed by atoms with E-state index in [0.717, 1.165) is 0 Å². The fourth-order valence-electron chi connectivity index (χ4n) is 9.84. The Hall–Kier alpha value is -2.05. The number of hydrogen-bond donors (Lipinski definition) is 19. The topological polar surface area (TPSA) is 469 Å². The summed E-state index contributed by atoms with van der Waals surface area (Å²) in [6.07, 6.45) is -12.7. The van der Waals surface area contributed by atoms with Crippen molar-refractivity contribution < 1.29 is 153 Å². The maximum Gasteiger partial charge on any atom is 1.00 e. The Bertz CT molecular complexity index is 2200. The Morgan fingerprint density at radius 3 is 1.76 bits per heavy atom. The molecule has 0 saturated carbocycles. The SMILES string of the molecule is C=CCCC(O)/C=C/C=C/C(O)CC/C=C/C(O)C(O)[C@@H]1O[C@@H](C(O)C(O)C(=C)CCC(O)[C@H]2C[C@@H](O)C(O)[C@H](C(O)C(O)/C=C(\C)CCC(O)CC(O)C(O)C(C)C(O)C(O)C/C=C/CC(O)/C=C/CCCCCOS(=O)(=O)[O-])O2)CC(O)C1O.[Na+]. The van der Waals surface area contributed by atoms with Crippen molar-refractivity contribution in [3.63, 3.8) is 0 Å². The zero-order valence-corrected chi connectivity index (χ0v) is 53.1. The molecule has 27 heteroatoms. The van der Waals surface area contributed by atoms with Gasteiger partial charge in [0.25, 0.3) is 0 Å². The summed E-state index contributed by atoms with van der Waals surface area (Å²) in [5, 5.41) is 204. The van der Waals surface area contributed by atoms with Crippen molar-refractivity contribution in [3.05, 3.63) is 97.2 Å². The normalized spacial score (nSPS) is 27.4. The van der Waals surface area contributed by atoms with Gasteiger partial charge in [0.05, 0.1) is 86.0 Å². The van der Waals surface area contributed by atoms with E-state index >= 15 is 0 Å². The van der Waals surface area contributed by atoms with E-state index in [1.807, 2.05) is 0 Å². The van der Waals surface area contributed by atoms with Gasteiger partial charge in [-0.2, -0.15) is 0 Å². The quantitative estimate of drug-likeness (QED) is 0.00684. The standard InChI is InChI=1S/C60H102O25S.Na/c1-5-6-18-38(61)20-11-12-21-40(63)23-14-16-25-44(67)54(75)59-57(78)48(71)34-50(85-59)58(79)51(72)36(3)27-29-42(65)49-33-47(70)56(77)60(84-49)55(76)45(68)31-35(2)26-28-41(64)32-46(69)53(74)37(4)52(73)43(66)24-15-13-22-39(62)19-10-8-7-9-17-30-83-86(80,81)82;/h5,10-13,15-16,19-21,25,31,37-79H,1,3,6-9,14,17-18,22-24,26-30,32-34H2,2,4H3,(H,80,81,82);/q;+1/p-1/b15-13+,19-10+,20-11+,21-12+,25-16+,35-31+;/t37?,38?,39?,40?,41?,42?,43?,44?,45?,46?,47-,48?,49-,50-,51?,52?,53?,54?,55?,56?,57?,58?,59+,60+;/m1./s1. The van der Waals surface area contributed by atoms with E-state index in [0.29, 0.717) is 44.1 Å². The van der Waals surface area contributed by atoms with E-state index in [-0.39, 0.29) is 106 Å². The van der Waals surface area contributed by atoms with Gasteiger partial charge in [-0.1, -0.05) is 98.4 Å². The van der Waals surface area contributed by atoms with E-state index in [1.165, 1.54) is 31.2 Å². The second kappa shape index (κ2) is 43.7. The van der Waals surface area contributed by atoms with Crippen LogP contribution in [0.25, 0.3) is 0 Å². The van der Waals surface area contributed by atoms with Crippen molar-refractivity contribution in [1.82, 2.24) is 0 Å². The Labute approximate surface area is 533 Å². The van der Waals surface area contributed by atoms with Crippen LogP contribution in [0.15, 0.2) is 97.2 Å². The predicted molar refractivity (Wildman–Crippen MR) is 314 cm³/mol. The molecule has 25 nitrogen and oxygen atoms in total. The van der Waals surface area contributed by atoms with Crippen LogP contribution < -0.4 is 29.6 Å². The van der Waals surface area contributed by atoms with Crippen LogP contribution in [0.3, 0.4) is 0 Å². The van der Waals surface area contributed by atoms with Crippen LogP contribution in [0.5, 0.6) is 0 Å². The van der Waals surface area contributed by atoms with Gasteiger partial charge in [0.15, 0.2) is 0 Å². The van der Waals surface area contributed by atoms with Gasteiger partial charge in [-0.25, -0.2) is 8.42 Å².